The Morgan fingerprint density at radius 1 is 1.10 bits per heavy atom. The van der Waals surface area contributed by atoms with Gasteiger partial charge < -0.3 is 15.3 Å². The Bertz CT molecular complexity index is 1070. The molecule has 0 unspecified atom stereocenters. The quantitative estimate of drug-likeness (QED) is 0.655. The van der Waals surface area contributed by atoms with Gasteiger partial charge in [-0.25, -0.2) is 13.8 Å². The fourth-order valence-corrected chi connectivity index (χ4v) is 3.82. The van der Waals surface area contributed by atoms with Crippen LogP contribution in [0.15, 0.2) is 54.7 Å². The fourth-order valence-electron chi connectivity index (χ4n) is 3.82. The van der Waals surface area contributed by atoms with Gasteiger partial charge >= 0.3 is 0 Å². The number of hydrogen-bond acceptors (Lipinski definition) is 4. The number of amides is 1. The summed E-state index contributed by atoms with van der Waals surface area (Å²) in [5.41, 5.74) is 3.87. The van der Waals surface area contributed by atoms with Crippen molar-refractivity contribution in [2.75, 3.05) is 24.6 Å². The number of hydrogen-bond donors (Lipinski definition) is 2. The van der Waals surface area contributed by atoms with Crippen LogP contribution < -0.4 is 10.2 Å². The highest BCUT2D eigenvalue weighted by atomic mass is 19.1. The lowest BCUT2D eigenvalue weighted by atomic mass is 10.0. The number of carbonyl (C=O) groups is 1. The molecule has 4 rings (SSSR count). The molecule has 7 heteroatoms. The summed E-state index contributed by atoms with van der Waals surface area (Å²) < 4.78 is 27.0. The van der Waals surface area contributed by atoms with Crippen LogP contribution >= 0.6 is 0 Å². The number of aliphatic hydroxyl groups excluding tert-OH is 1. The summed E-state index contributed by atoms with van der Waals surface area (Å²) in [6.45, 7) is 0.764. The Morgan fingerprint density at radius 3 is 2.67 bits per heavy atom. The van der Waals surface area contributed by atoms with Crippen molar-refractivity contribution in [2.45, 2.75) is 12.8 Å². The van der Waals surface area contributed by atoms with Crippen LogP contribution in [0.25, 0.3) is 0 Å². The van der Waals surface area contributed by atoms with Crippen molar-refractivity contribution < 1.29 is 18.7 Å². The fraction of sp³-hybridized carbons (Fsp3) is 0.217. The minimum absolute atomic E-state index is 0.112. The van der Waals surface area contributed by atoms with E-state index in [9.17, 15) is 13.6 Å². The Balaban J connectivity index is 1.60. The van der Waals surface area contributed by atoms with E-state index in [1.165, 1.54) is 12.1 Å². The smallest absolute Gasteiger partial charge is 0.251 e. The second-order valence-electron chi connectivity index (χ2n) is 7.16. The summed E-state index contributed by atoms with van der Waals surface area (Å²) in [6.07, 6.45) is 2.75. The standard InChI is InChI=1S/C23H21F2N3O2/c24-17-11-16(12-18(25)14-17)10-15-4-6-26-22(13-15)28-8-5-19-20(2-1-3-21(19)28)23(30)27-7-9-29/h1-4,6,11-14,29H,5,7-10H2,(H,27,30). The van der Waals surface area contributed by atoms with Gasteiger partial charge in [0.2, 0.25) is 0 Å². The van der Waals surface area contributed by atoms with Gasteiger partial charge in [-0.05, 0) is 65.9 Å². The van der Waals surface area contributed by atoms with Gasteiger partial charge in [-0.3, -0.25) is 4.79 Å². The van der Waals surface area contributed by atoms with Gasteiger partial charge in [0.15, 0.2) is 0 Å². The number of aliphatic hydroxyl groups is 1. The maximum Gasteiger partial charge on any atom is 0.251 e. The second kappa shape index (κ2) is 8.59. The number of anilines is 2. The van der Waals surface area contributed by atoms with Crippen molar-refractivity contribution in [3.8, 4) is 0 Å². The largest absolute Gasteiger partial charge is 0.395 e. The van der Waals surface area contributed by atoms with Crippen LogP contribution in [0.3, 0.4) is 0 Å². The number of pyridine rings is 1. The highest BCUT2D eigenvalue weighted by molar-refractivity contribution is 5.98. The molecule has 0 radical (unpaired) electrons. The van der Waals surface area contributed by atoms with E-state index in [2.05, 4.69) is 10.3 Å². The van der Waals surface area contributed by atoms with Crippen LogP contribution in [0, 0.1) is 11.6 Å². The lowest BCUT2D eigenvalue weighted by Gasteiger charge is -2.19. The molecule has 1 aliphatic rings. The molecule has 154 valence electrons. The average molecular weight is 409 g/mol. The first kappa shape index (κ1) is 20.0. The molecule has 5 nitrogen and oxygen atoms in total. The molecule has 1 aromatic heterocycles. The summed E-state index contributed by atoms with van der Waals surface area (Å²) in [4.78, 5) is 18.9. The highest BCUT2D eigenvalue weighted by Gasteiger charge is 2.26. The molecular formula is C23H21F2N3O2. The number of fused-ring (bicyclic) bond motifs is 1. The van der Waals surface area contributed by atoms with Crippen LogP contribution in [0.1, 0.15) is 27.0 Å². The van der Waals surface area contributed by atoms with Crippen LogP contribution in [-0.2, 0) is 12.8 Å². The van der Waals surface area contributed by atoms with Crippen molar-refractivity contribution in [1.29, 1.82) is 0 Å². The molecule has 2 N–H and O–H groups in total. The Hall–Kier alpha value is -3.32. The molecule has 30 heavy (non-hydrogen) atoms. The van der Waals surface area contributed by atoms with Gasteiger partial charge in [-0.1, -0.05) is 6.07 Å². The normalized spacial score (nSPS) is 12.7. The van der Waals surface area contributed by atoms with Gasteiger partial charge in [0.1, 0.15) is 17.5 Å². The molecule has 1 aliphatic heterocycles. The Kier molecular flexibility index (Phi) is 5.72. The van der Waals surface area contributed by atoms with Crippen molar-refractivity contribution in [1.82, 2.24) is 10.3 Å². The van der Waals surface area contributed by atoms with E-state index >= 15 is 0 Å². The maximum atomic E-state index is 13.5. The topological polar surface area (TPSA) is 65.5 Å². The third kappa shape index (κ3) is 4.16. The van der Waals surface area contributed by atoms with Crippen LogP contribution in [0.5, 0.6) is 0 Å². The minimum atomic E-state index is -0.597. The maximum absolute atomic E-state index is 13.5. The summed E-state index contributed by atoms with van der Waals surface area (Å²) in [5.74, 6) is -0.687. The predicted molar refractivity (Wildman–Crippen MR) is 110 cm³/mol. The highest BCUT2D eigenvalue weighted by Crippen LogP contribution is 2.35. The minimum Gasteiger partial charge on any atom is -0.395 e. The van der Waals surface area contributed by atoms with E-state index in [0.29, 0.717) is 30.5 Å². The molecule has 0 saturated carbocycles. The zero-order valence-electron chi connectivity index (χ0n) is 16.2. The number of benzene rings is 2. The molecule has 0 spiro atoms. The van der Waals surface area contributed by atoms with Gasteiger partial charge in [0.25, 0.3) is 5.91 Å². The number of nitrogens with one attached hydrogen (secondary N) is 1. The molecule has 1 amide bonds. The van der Waals surface area contributed by atoms with Gasteiger partial charge in [-0.15, -0.1) is 0 Å². The first-order chi connectivity index (χ1) is 14.5. The van der Waals surface area contributed by atoms with Crippen molar-refractivity contribution >= 4 is 17.4 Å². The molecule has 0 bridgehead atoms. The van der Waals surface area contributed by atoms with E-state index in [4.69, 9.17) is 5.11 Å². The van der Waals surface area contributed by atoms with Crippen LogP contribution in [0.4, 0.5) is 20.3 Å². The molecule has 2 aromatic carbocycles. The number of nitrogens with zero attached hydrogens (tertiary/aromatic N) is 2. The van der Waals surface area contributed by atoms with E-state index in [-0.39, 0.29) is 19.1 Å². The predicted octanol–water partition coefficient (Wildman–Crippen LogP) is 3.37. The SMILES string of the molecule is O=C(NCCO)c1cccc2c1CCN2c1cc(Cc2cc(F)cc(F)c2)ccn1. The lowest BCUT2D eigenvalue weighted by molar-refractivity contribution is 0.0944. The molecule has 2 heterocycles. The third-order valence-corrected chi connectivity index (χ3v) is 5.09. The third-order valence-electron chi connectivity index (χ3n) is 5.09. The van der Waals surface area contributed by atoms with Crippen LogP contribution in [0.2, 0.25) is 0 Å². The van der Waals surface area contributed by atoms with Crippen molar-refractivity contribution in [2.24, 2.45) is 0 Å². The number of halogens is 2. The summed E-state index contributed by atoms with van der Waals surface area (Å²) >= 11 is 0. The summed E-state index contributed by atoms with van der Waals surface area (Å²) in [7, 11) is 0. The van der Waals surface area contributed by atoms with Crippen molar-refractivity contribution in [3.63, 3.8) is 0 Å². The first-order valence-corrected chi connectivity index (χ1v) is 9.73. The zero-order valence-corrected chi connectivity index (χ0v) is 16.2. The van der Waals surface area contributed by atoms with Crippen molar-refractivity contribution in [3.05, 3.63) is 88.6 Å². The van der Waals surface area contributed by atoms with Crippen LogP contribution in [-0.4, -0.2) is 35.7 Å². The lowest BCUT2D eigenvalue weighted by Crippen LogP contribution is -2.27. The molecule has 0 aliphatic carbocycles. The summed E-state index contributed by atoms with van der Waals surface area (Å²) in [5, 5.41) is 11.6. The van der Waals surface area contributed by atoms with E-state index in [1.807, 2.05) is 29.2 Å². The number of rotatable bonds is 6. The van der Waals surface area contributed by atoms with E-state index < -0.39 is 11.6 Å². The summed E-state index contributed by atoms with van der Waals surface area (Å²) in [6, 6.07) is 12.8. The molecule has 3 aromatic rings. The Labute approximate surface area is 173 Å². The molecule has 0 atom stereocenters. The van der Waals surface area contributed by atoms with E-state index in [0.717, 1.165) is 28.7 Å². The number of carbonyl (C=O) groups excluding carboxylic acids is 1. The second-order valence-corrected chi connectivity index (χ2v) is 7.16. The Morgan fingerprint density at radius 2 is 1.90 bits per heavy atom. The monoisotopic (exact) mass is 409 g/mol. The first-order valence-electron chi connectivity index (χ1n) is 9.73. The van der Waals surface area contributed by atoms with Gasteiger partial charge in [0, 0.05) is 36.6 Å². The zero-order chi connectivity index (χ0) is 21.1. The molecule has 0 saturated heterocycles. The van der Waals surface area contributed by atoms with E-state index in [1.54, 1.807) is 12.3 Å². The average Bonchev–Trinajstić information content (AvgIpc) is 3.15. The molecule has 0 fully saturated rings. The molecular weight excluding hydrogens is 388 g/mol. The number of aromatic nitrogens is 1. The van der Waals surface area contributed by atoms with Gasteiger partial charge in [0.05, 0.1) is 6.61 Å². The van der Waals surface area contributed by atoms with Gasteiger partial charge in [-0.2, -0.15) is 0 Å².